The predicted octanol–water partition coefficient (Wildman–Crippen LogP) is 13.2. The highest BCUT2D eigenvalue weighted by atomic mass is 16.3. The third-order valence-electron chi connectivity index (χ3n) is 10.4. The Morgan fingerprint density at radius 1 is 0.259 bits per heavy atom. The number of benzene rings is 8. The lowest BCUT2D eigenvalue weighted by atomic mass is 9.90. The Hall–Kier alpha value is -7.37. The smallest absolute Gasteiger partial charge is 0.167 e. The van der Waals surface area contributed by atoms with Crippen molar-refractivity contribution in [2.24, 2.45) is 0 Å². The average molecular weight is 692 g/mol. The monoisotopic (exact) mass is 691 g/mol. The van der Waals surface area contributed by atoms with Crippen molar-refractivity contribution < 1.29 is 8.83 Å². The Kier molecular flexibility index (Phi) is 6.79. The number of hydrogen-bond donors (Lipinski definition) is 0. The highest BCUT2D eigenvalue weighted by Gasteiger charge is 2.22. The molecule has 0 aliphatic heterocycles. The van der Waals surface area contributed by atoms with E-state index in [2.05, 4.69) is 109 Å². The second-order valence-corrected chi connectivity index (χ2v) is 13.5. The molecule has 5 heteroatoms. The van der Waals surface area contributed by atoms with E-state index in [-0.39, 0.29) is 0 Å². The molecule has 11 rings (SSSR count). The molecule has 5 nitrogen and oxygen atoms in total. The van der Waals surface area contributed by atoms with E-state index >= 15 is 0 Å². The van der Waals surface area contributed by atoms with Crippen molar-refractivity contribution in [2.75, 3.05) is 0 Å². The molecule has 54 heavy (non-hydrogen) atoms. The molecule has 0 spiro atoms. The van der Waals surface area contributed by atoms with Gasteiger partial charge in [-0.25, -0.2) is 15.0 Å². The lowest BCUT2D eigenvalue weighted by molar-refractivity contribution is 0.669. The van der Waals surface area contributed by atoms with Gasteiger partial charge in [-0.05, 0) is 57.3 Å². The number of nitrogens with zero attached hydrogens (tertiary/aromatic N) is 3. The molecule has 8 aromatic carbocycles. The molecule has 11 aromatic rings. The average Bonchev–Trinajstić information content (AvgIpc) is 3.82. The summed E-state index contributed by atoms with van der Waals surface area (Å²) in [4.78, 5) is 15.7. The summed E-state index contributed by atoms with van der Waals surface area (Å²) in [5.41, 5.74) is 10.1. The van der Waals surface area contributed by atoms with Crippen LogP contribution in [0.4, 0.5) is 0 Å². The van der Waals surface area contributed by atoms with E-state index in [9.17, 15) is 0 Å². The zero-order valence-corrected chi connectivity index (χ0v) is 28.9. The zero-order valence-electron chi connectivity index (χ0n) is 28.9. The summed E-state index contributed by atoms with van der Waals surface area (Å²) in [5.74, 6) is 1.60. The van der Waals surface area contributed by atoms with E-state index in [1.54, 1.807) is 0 Å². The van der Waals surface area contributed by atoms with Gasteiger partial charge < -0.3 is 8.83 Å². The minimum atomic E-state index is 0.520. The van der Waals surface area contributed by atoms with E-state index in [0.717, 1.165) is 77.1 Å². The first kappa shape index (κ1) is 30.3. The Balaban J connectivity index is 1.18. The van der Waals surface area contributed by atoms with Gasteiger partial charge in [0, 0.05) is 27.1 Å². The molecule has 0 unspecified atom stereocenters. The van der Waals surface area contributed by atoms with Gasteiger partial charge in [0.2, 0.25) is 0 Å². The number of rotatable bonds is 5. The first-order valence-electron chi connectivity index (χ1n) is 18.0. The molecular weight excluding hydrogens is 663 g/mol. The SMILES string of the molecule is c1ccc(-c2ccc(-c3ccccc3-c3nc(-c4cccc5c4oc4ccccc45)nc(-c4cccc5c4oc4ccccc45)n3)c3ccccc23)cc1. The van der Waals surface area contributed by atoms with Gasteiger partial charge in [0.15, 0.2) is 17.5 Å². The zero-order chi connectivity index (χ0) is 35.6. The normalized spacial score (nSPS) is 11.7. The van der Waals surface area contributed by atoms with Gasteiger partial charge in [-0.2, -0.15) is 0 Å². The van der Waals surface area contributed by atoms with Gasteiger partial charge in [0.25, 0.3) is 0 Å². The maximum atomic E-state index is 6.51. The molecule has 0 fully saturated rings. The Morgan fingerprint density at radius 2 is 0.667 bits per heavy atom. The number of fused-ring (bicyclic) bond motifs is 7. The fraction of sp³-hybridized carbons (Fsp3) is 0. The molecule has 3 heterocycles. The molecule has 0 aliphatic rings. The Bertz CT molecular complexity index is 3100. The maximum absolute atomic E-state index is 6.51. The van der Waals surface area contributed by atoms with Gasteiger partial charge in [-0.1, -0.05) is 152 Å². The third-order valence-corrected chi connectivity index (χ3v) is 10.4. The molecule has 0 amide bonds. The van der Waals surface area contributed by atoms with Crippen molar-refractivity contribution in [3.05, 3.63) is 176 Å². The van der Waals surface area contributed by atoms with Gasteiger partial charge >= 0.3 is 0 Å². The van der Waals surface area contributed by atoms with E-state index in [0.29, 0.717) is 17.5 Å². The number of aromatic nitrogens is 3. The van der Waals surface area contributed by atoms with E-state index < -0.39 is 0 Å². The molecule has 0 atom stereocenters. The molecular formula is C49H29N3O2. The van der Waals surface area contributed by atoms with Gasteiger partial charge in [-0.15, -0.1) is 0 Å². The summed E-state index contributed by atoms with van der Waals surface area (Å²) in [5, 5.41) is 6.45. The van der Waals surface area contributed by atoms with Gasteiger partial charge in [0.1, 0.15) is 22.3 Å². The first-order valence-corrected chi connectivity index (χ1v) is 18.0. The fourth-order valence-corrected chi connectivity index (χ4v) is 7.90. The predicted molar refractivity (Wildman–Crippen MR) is 219 cm³/mol. The van der Waals surface area contributed by atoms with Crippen molar-refractivity contribution in [1.82, 2.24) is 15.0 Å². The van der Waals surface area contributed by atoms with Crippen LogP contribution in [0.2, 0.25) is 0 Å². The lowest BCUT2D eigenvalue weighted by Gasteiger charge is -2.15. The van der Waals surface area contributed by atoms with Crippen LogP contribution in [0.5, 0.6) is 0 Å². The number of furan rings is 2. The molecule has 0 saturated heterocycles. The minimum Gasteiger partial charge on any atom is -0.455 e. The third kappa shape index (κ3) is 4.76. The quantitative estimate of drug-likeness (QED) is 0.180. The van der Waals surface area contributed by atoms with Gasteiger partial charge in [-0.3, -0.25) is 0 Å². The second-order valence-electron chi connectivity index (χ2n) is 13.5. The van der Waals surface area contributed by atoms with Crippen molar-refractivity contribution in [3.63, 3.8) is 0 Å². The molecule has 0 bridgehead atoms. The highest BCUT2D eigenvalue weighted by molar-refractivity contribution is 6.11. The van der Waals surface area contributed by atoms with E-state index in [1.807, 2.05) is 66.7 Å². The van der Waals surface area contributed by atoms with E-state index in [4.69, 9.17) is 23.8 Å². The number of hydrogen-bond acceptors (Lipinski definition) is 5. The topological polar surface area (TPSA) is 65.0 Å². The van der Waals surface area contributed by atoms with Crippen LogP contribution in [0.15, 0.2) is 185 Å². The standard InChI is InChI=1S/C49H29N3O2/c1-2-14-30(15-3-1)31-28-29-35(33-17-5-4-16-32(31)33)34-18-6-7-21-40(34)47-50-48(41-24-12-22-38-36-19-8-10-26-43(36)53-45(38)41)52-49(51-47)42-25-13-23-39-37-20-9-11-27-44(37)54-46(39)42/h1-29H. The summed E-state index contributed by atoms with van der Waals surface area (Å²) >= 11 is 0. The van der Waals surface area contributed by atoms with Crippen LogP contribution in [-0.4, -0.2) is 15.0 Å². The van der Waals surface area contributed by atoms with Crippen LogP contribution in [0.1, 0.15) is 0 Å². The maximum Gasteiger partial charge on any atom is 0.167 e. The molecule has 0 aliphatic carbocycles. The Labute approximate surface area is 309 Å². The van der Waals surface area contributed by atoms with E-state index in [1.165, 1.54) is 16.5 Å². The van der Waals surface area contributed by atoms with Crippen molar-refractivity contribution in [3.8, 4) is 56.4 Å². The lowest BCUT2D eigenvalue weighted by Crippen LogP contribution is -2.01. The van der Waals surface area contributed by atoms with Crippen molar-refractivity contribution >= 4 is 54.6 Å². The number of para-hydroxylation sites is 4. The molecule has 0 N–H and O–H groups in total. The fourth-order valence-electron chi connectivity index (χ4n) is 7.90. The Morgan fingerprint density at radius 3 is 1.26 bits per heavy atom. The summed E-state index contributed by atoms with van der Waals surface area (Å²) in [6.07, 6.45) is 0. The van der Waals surface area contributed by atoms with Crippen LogP contribution in [0, 0.1) is 0 Å². The molecule has 3 aromatic heterocycles. The van der Waals surface area contributed by atoms with Crippen LogP contribution >= 0.6 is 0 Å². The molecule has 252 valence electrons. The molecule has 0 radical (unpaired) electrons. The van der Waals surface area contributed by atoms with Gasteiger partial charge in [0.05, 0.1) is 11.1 Å². The van der Waals surface area contributed by atoms with Crippen LogP contribution in [0.3, 0.4) is 0 Å². The van der Waals surface area contributed by atoms with Crippen LogP contribution < -0.4 is 0 Å². The molecule has 0 saturated carbocycles. The summed E-state index contributed by atoms with van der Waals surface area (Å²) in [6, 6.07) is 60.5. The second kappa shape index (κ2) is 12.1. The van der Waals surface area contributed by atoms with Crippen LogP contribution in [-0.2, 0) is 0 Å². The highest BCUT2D eigenvalue weighted by Crippen LogP contribution is 2.42. The summed E-state index contributed by atoms with van der Waals surface area (Å²) in [7, 11) is 0. The van der Waals surface area contributed by atoms with Crippen LogP contribution in [0.25, 0.3) is 111 Å². The first-order chi connectivity index (χ1) is 26.8. The summed E-state index contributed by atoms with van der Waals surface area (Å²) < 4.78 is 13.0. The van der Waals surface area contributed by atoms with Crippen molar-refractivity contribution in [1.29, 1.82) is 0 Å². The van der Waals surface area contributed by atoms with Crippen molar-refractivity contribution in [2.45, 2.75) is 0 Å². The largest absolute Gasteiger partial charge is 0.455 e. The summed E-state index contributed by atoms with van der Waals surface area (Å²) in [6.45, 7) is 0. The minimum absolute atomic E-state index is 0.520.